The first kappa shape index (κ1) is 11.7. The highest BCUT2D eigenvalue weighted by atomic mass is 32.2. The summed E-state index contributed by atoms with van der Waals surface area (Å²) in [4.78, 5) is 7.29. The Balaban J connectivity index is 2.82. The van der Waals surface area contributed by atoms with E-state index in [2.05, 4.69) is 16.6 Å². The van der Waals surface area contributed by atoms with Crippen LogP contribution in [0.4, 0.5) is 4.42 Å². The summed E-state index contributed by atoms with van der Waals surface area (Å²) in [6.07, 6.45) is 4.78. The molecule has 1 heterocycles. The molecule has 0 bridgehead atoms. The highest BCUT2D eigenvalue weighted by molar-refractivity contribution is 7.86. The van der Waals surface area contributed by atoms with E-state index >= 15 is 0 Å². The third-order valence-electron chi connectivity index (χ3n) is 1.61. The van der Waals surface area contributed by atoms with Crippen LogP contribution in [0, 0.1) is 0 Å². The van der Waals surface area contributed by atoms with Crippen molar-refractivity contribution in [1.82, 2.24) is 0 Å². The van der Waals surface area contributed by atoms with Crippen LogP contribution in [-0.2, 0) is 10.1 Å². The lowest BCUT2D eigenvalue weighted by molar-refractivity contribution is -0.165. The fourth-order valence-electron chi connectivity index (χ4n) is 0.929. The monoisotopic (exact) mass is 231 g/mol. The zero-order chi connectivity index (χ0) is 11.3. The minimum absolute atomic E-state index is 0.0679. The summed E-state index contributed by atoms with van der Waals surface area (Å²) in [5, 5.41) is 0. The number of carbonyl (C=O) groups excluding carboxylic acids is 1. The summed E-state index contributed by atoms with van der Waals surface area (Å²) in [6.45, 7) is 3.45. The molecular weight excluding hydrogens is 220 g/mol. The largest absolute Gasteiger partial charge is 0.554 e. The molecule has 1 N–H and O–H groups in total. The van der Waals surface area contributed by atoms with E-state index in [1.807, 2.05) is 0 Å². The number of allylic oxidation sites excluding steroid dienone is 1. The molecule has 0 spiro atoms. The van der Waals surface area contributed by atoms with E-state index in [9.17, 15) is 8.42 Å². The Morgan fingerprint density at radius 2 is 2.13 bits per heavy atom. The van der Waals surface area contributed by atoms with Crippen molar-refractivity contribution in [1.29, 1.82) is 0 Å². The predicted octanol–water partition coefficient (Wildman–Crippen LogP) is 0.977. The van der Waals surface area contributed by atoms with Crippen molar-refractivity contribution in [2.75, 3.05) is 0 Å². The molecule has 15 heavy (non-hydrogen) atoms. The van der Waals surface area contributed by atoms with E-state index in [4.69, 9.17) is 8.98 Å². The normalized spacial score (nSPS) is 16.7. The van der Waals surface area contributed by atoms with Gasteiger partial charge < -0.3 is 0 Å². The lowest BCUT2D eigenvalue weighted by atomic mass is 10.3. The zero-order valence-corrected chi connectivity index (χ0v) is 8.72. The SMILES string of the molecule is C=CCCC([O+]=C1N=CC=N1)S(=O)(=O)O. The molecule has 1 rings (SSSR count). The maximum Gasteiger partial charge on any atom is 0.554 e. The molecule has 0 radical (unpaired) electrons. The van der Waals surface area contributed by atoms with Crippen LogP contribution >= 0.6 is 0 Å². The minimum Gasteiger partial charge on any atom is -0.278 e. The second-order valence-corrected chi connectivity index (χ2v) is 4.32. The van der Waals surface area contributed by atoms with Crippen molar-refractivity contribution < 1.29 is 17.4 Å². The fraction of sp³-hybridized carbons (Fsp3) is 0.375. The average Bonchev–Trinajstić information content (AvgIpc) is 2.62. The summed E-state index contributed by atoms with van der Waals surface area (Å²) in [5.41, 5.74) is -1.35. The molecule has 1 aliphatic heterocycles. The number of rotatable bonds is 5. The van der Waals surface area contributed by atoms with Gasteiger partial charge in [0.15, 0.2) is 0 Å². The minimum atomic E-state index is -4.26. The van der Waals surface area contributed by atoms with E-state index in [0.29, 0.717) is 6.42 Å². The fourth-order valence-corrected chi connectivity index (χ4v) is 1.57. The van der Waals surface area contributed by atoms with Crippen LogP contribution in [0.15, 0.2) is 22.6 Å². The number of amides is 2. The number of hydrogen-bond acceptors (Lipinski definition) is 2. The molecule has 82 valence electrons. The van der Waals surface area contributed by atoms with Crippen molar-refractivity contribution in [3.05, 3.63) is 12.7 Å². The summed E-state index contributed by atoms with van der Waals surface area (Å²) < 4.78 is 35.6. The quantitative estimate of drug-likeness (QED) is 0.434. The molecule has 0 fully saturated rings. The van der Waals surface area contributed by atoms with E-state index in [1.54, 1.807) is 0 Å². The van der Waals surface area contributed by atoms with Gasteiger partial charge in [0.2, 0.25) is 0 Å². The number of nitrogens with zero attached hydrogens (tertiary/aromatic N) is 2. The van der Waals surface area contributed by atoms with Crippen LogP contribution < -0.4 is 0 Å². The molecule has 1 unspecified atom stereocenters. The molecule has 2 amide bonds. The van der Waals surface area contributed by atoms with Gasteiger partial charge >= 0.3 is 21.6 Å². The molecule has 0 aromatic rings. The van der Waals surface area contributed by atoms with Gasteiger partial charge in [-0.1, -0.05) is 6.08 Å². The summed E-state index contributed by atoms with van der Waals surface area (Å²) >= 11 is 0. The Kier molecular flexibility index (Phi) is 3.87. The maximum absolute atomic E-state index is 10.9. The van der Waals surface area contributed by atoms with Gasteiger partial charge in [-0.3, -0.25) is 4.55 Å². The highest BCUT2D eigenvalue weighted by Gasteiger charge is 2.34. The Bertz CT molecular complexity index is 408. The number of aliphatic imine (C=N–C) groups is 2. The Labute approximate surface area is 87.5 Å². The Hall–Kier alpha value is -1.34. The van der Waals surface area contributed by atoms with E-state index in [0.717, 1.165) is 0 Å². The third kappa shape index (κ3) is 3.72. The maximum atomic E-state index is 10.9. The van der Waals surface area contributed by atoms with Crippen LogP contribution in [0.25, 0.3) is 0 Å². The first-order valence-electron chi connectivity index (χ1n) is 4.21. The van der Waals surface area contributed by atoms with Gasteiger partial charge in [0.05, 0.1) is 18.9 Å². The number of hydrogen-bond donors (Lipinski definition) is 1. The highest BCUT2D eigenvalue weighted by Crippen LogP contribution is 2.15. The molecule has 0 aromatic heterocycles. The van der Waals surface area contributed by atoms with Gasteiger partial charge in [0.1, 0.15) is 0 Å². The molecule has 0 aliphatic carbocycles. The van der Waals surface area contributed by atoms with Gasteiger partial charge in [0.25, 0.3) is 0 Å². The molecule has 1 aliphatic rings. The van der Waals surface area contributed by atoms with Crippen LogP contribution in [0.1, 0.15) is 12.8 Å². The molecular formula is C8H11N2O4S+. The third-order valence-corrected chi connectivity index (χ3v) is 2.61. The first-order chi connectivity index (χ1) is 7.04. The molecule has 1 atom stereocenters. The second-order valence-electron chi connectivity index (χ2n) is 2.77. The topological polar surface area (TPSA) is 90.4 Å². The van der Waals surface area contributed by atoms with Crippen molar-refractivity contribution in [2.45, 2.75) is 18.3 Å². The smallest absolute Gasteiger partial charge is 0.278 e. The van der Waals surface area contributed by atoms with Crippen LogP contribution in [0.3, 0.4) is 0 Å². The van der Waals surface area contributed by atoms with Crippen molar-refractivity contribution in [3.8, 4) is 0 Å². The van der Waals surface area contributed by atoms with Gasteiger partial charge in [-0.25, -0.2) is 0 Å². The summed E-state index contributed by atoms with van der Waals surface area (Å²) in [7, 11) is -4.26. The lowest BCUT2D eigenvalue weighted by Crippen LogP contribution is -2.16. The molecule has 6 nitrogen and oxygen atoms in total. The van der Waals surface area contributed by atoms with Crippen LogP contribution in [0.5, 0.6) is 0 Å². The van der Waals surface area contributed by atoms with E-state index in [-0.39, 0.29) is 12.5 Å². The van der Waals surface area contributed by atoms with Gasteiger partial charge in [-0.05, 0) is 6.42 Å². The molecule has 0 saturated carbocycles. The van der Waals surface area contributed by atoms with Gasteiger partial charge in [-0.15, -0.1) is 16.6 Å². The van der Waals surface area contributed by atoms with Crippen molar-refractivity contribution in [2.24, 2.45) is 9.98 Å². The van der Waals surface area contributed by atoms with Gasteiger partial charge in [0, 0.05) is 0 Å². The standard InChI is InChI=1S/C8H10N2O4S/c1-2-3-4-7(15(11,12)13)14-8-9-5-6-10-8/h2,5-7H,1,3-4H2/p+1. The summed E-state index contributed by atoms with van der Waals surface area (Å²) in [5.74, 6) is 0. The zero-order valence-electron chi connectivity index (χ0n) is 7.91. The summed E-state index contributed by atoms with van der Waals surface area (Å²) in [6, 6.07) is -0.0679. The second kappa shape index (κ2) is 4.94. The Morgan fingerprint density at radius 3 is 2.60 bits per heavy atom. The average molecular weight is 231 g/mol. The van der Waals surface area contributed by atoms with Crippen molar-refractivity contribution >= 4 is 28.6 Å². The molecule has 0 saturated heterocycles. The van der Waals surface area contributed by atoms with E-state index < -0.39 is 15.6 Å². The van der Waals surface area contributed by atoms with E-state index in [1.165, 1.54) is 18.5 Å². The lowest BCUT2D eigenvalue weighted by Gasteiger charge is -1.96. The predicted molar refractivity (Wildman–Crippen MR) is 57.1 cm³/mol. The first-order valence-corrected chi connectivity index (χ1v) is 5.72. The van der Waals surface area contributed by atoms with Crippen molar-refractivity contribution in [3.63, 3.8) is 0 Å². The molecule has 0 aromatic carbocycles. The molecule has 7 heteroatoms. The van der Waals surface area contributed by atoms with Gasteiger partial charge in [-0.2, -0.15) is 12.8 Å². The number of urea groups is 1. The Morgan fingerprint density at radius 1 is 1.53 bits per heavy atom. The van der Waals surface area contributed by atoms with Crippen LogP contribution in [0.2, 0.25) is 0 Å². The van der Waals surface area contributed by atoms with Crippen LogP contribution in [-0.4, -0.2) is 36.9 Å².